The summed E-state index contributed by atoms with van der Waals surface area (Å²) in [6.45, 7) is 6.02. The number of hydrogen-bond acceptors (Lipinski definition) is 5. The maximum atomic E-state index is 12.7. The van der Waals surface area contributed by atoms with Crippen molar-refractivity contribution in [2.24, 2.45) is 5.92 Å². The molecule has 0 saturated carbocycles. The Hall–Kier alpha value is -2.50. The fraction of sp³-hybridized carbons (Fsp3) is 0.524. The molecule has 0 radical (unpaired) electrons. The van der Waals surface area contributed by atoms with Crippen LogP contribution in [0.3, 0.4) is 0 Å². The van der Waals surface area contributed by atoms with Gasteiger partial charge in [0.2, 0.25) is 0 Å². The lowest BCUT2D eigenvalue weighted by Gasteiger charge is -2.30. The molecule has 2 N–H and O–H groups in total. The van der Waals surface area contributed by atoms with E-state index < -0.39 is 17.7 Å². The van der Waals surface area contributed by atoms with E-state index in [0.717, 1.165) is 25.7 Å². The Balaban J connectivity index is 2.45. The summed E-state index contributed by atoms with van der Waals surface area (Å²) in [5.74, 6) is -0.829. The van der Waals surface area contributed by atoms with E-state index in [1.54, 1.807) is 17.0 Å². The first-order valence-corrected chi connectivity index (χ1v) is 9.47. The van der Waals surface area contributed by atoms with Crippen molar-refractivity contribution in [3.8, 4) is 11.5 Å². The summed E-state index contributed by atoms with van der Waals surface area (Å²) in [4.78, 5) is 26.5. The minimum Gasteiger partial charge on any atom is -0.504 e. The summed E-state index contributed by atoms with van der Waals surface area (Å²) >= 11 is 0. The molecular weight excluding hydrogens is 346 g/mol. The zero-order chi connectivity index (χ0) is 20.1. The molecule has 0 aliphatic carbocycles. The Morgan fingerprint density at radius 2 is 2.00 bits per heavy atom. The average molecular weight is 375 g/mol. The molecule has 1 aliphatic rings. The van der Waals surface area contributed by atoms with Gasteiger partial charge in [-0.2, -0.15) is 0 Å². The van der Waals surface area contributed by atoms with Gasteiger partial charge >= 0.3 is 0 Å². The quantitative estimate of drug-likeness (QED) is 0.683. The monoisotopic (exact) mass is 375 g/mol. The number of aliphatic hydroxyl groups excluding tert-OH is 1. The molecule has 2 rings (SSSR count). The van der Waals surface area contributed by atoms with Crippen molar-refractivity contribution in [1.29, 1.82) is 0 Å². The minimum absolute atomic E-state index is 0.0240. The molecule has 148 valence electrons. The Morgan fingerprint density at radius 3 is 2.56 bits per heavy atom. The van der Waals surface area contributed by atoms with Crippen LogP contribution in [0.15, 0.2) is 29.5 Å². The number of aromatic hydroxyl groups is 1. The average Bonchev–Trinajstić information content (AvgIpc) is 2.90. The minimum atomic E-state index is -0.680. The van der Waals surface area contributed by atoms with E-state index in [2.05, 4.69) is 13.8 Å². The standard InChI is InChI=1S/C21H29NO5/c1-5-7-8-14(6-2)12-22-19(18(13(3)23)20(25)21(22)26)15-9-10-16(24)17(11-15)27-4/h9-11,14,19,24-25H,5-8,12H2,1-4H3/t14-,19+/m0/s1. The number of carbonyl (C=O) groups is 2. The number of aliphatic hydroxyl groups is 1. The van der Waals surface area contributed by atoms with Gasteiger partial charge < -0.3 is 19.8 Å². The van der Waals surface area contributed by atoms with Gasteiger partial charge in [0.15, 0.2) is 23.0 Å². The number of rotatable bonds is 9. The molecular formula is C21H29NO5. The molecule has 1 heterocycles. The van der Waals surface area contributed by atoms with E-state index in [1.165, 1.54) is 20.1 Å². The van der Waals surface area contributed by atoms with Crippen LogP contribution < -0.4 is 4.74 Å². The summed E-state index contributed by atoms with van der Waals surface area (Å²) in [6.07, 6.45) is 4.03. The number of nitrogens with zero attached hydrogens (tertiary/aromatic N) is 1. The lowest BCUT2D eigenvalue weighted by molar-refractivity contribution is -0.130. The number of phenols is 1. The van der Waals surface area contributed by atoms with Gasteiger partial charge in [-0.15, -0.1) is 0 Å². The second-order valence-electron chi connectivity index (χ2n) is 7.03. The summed E-state index contributed by atoms with van der Waals surface area (Å²) in [5, 5.41) is 20.2. The van der Waals surface area contributed by atoms with Crippen molar-refractivity contribution in [2.75, 3.05) is 13.7 Å². The largest absolute Gasteiger partial charge is 0.504 e. The van der Waals surface area contributed by atoms with Crippen LogP contribution >= 0.6 is 0 Å². The highest BCUT2D eigenvalue weighted by Crippen LogP contribution is 2.41. The van der Waals surface area contributed by atoms with Crippen LogP contribution in [0.1, 0.15) is 58.1 Å². The molecule has 0 aromatic heterocycles. The van der Waals surface area contributed by atoms with E-state index in [9.17, 15) is 19.8 Å². The Bertz CT molecular complexity index is 740. The smallest absolute Gasteiger partial charge is 0.290 e. The number of methoxy groups -OCH3 is 1. The van der Waals surface area contributed by atoms with E-state index in [4.69, 9.17) is 4.74 Å². The van der Waals surface area contributed by atoms with Gasteiger partial charge in [-0.3, -0.25) is 9.59 Å². The van der Waals surface area contributed by atoms with Crippen LogP contribution in [0.2, 0.25) is 0 Å². The van der Waals surface area contributed by atoms with Gasteiger partial charge in [0.25, 0.3) is 5.91 Å². The van der Waals surface area contributed by atoms with Crippen molar-refractivity contribution in [3.05, 3.63) is 35.1 Å². The maximum absolute atomic E-state index is 12.7. The molecule has 1 aromatic rings. The fourth-order valence-corrected chi connectivity index (χ4v) is 3.61. The van der Waals surface area contributed by atoms with Crippen LogP contribution in [0, 0.1) is 5.92 Å². The van der Waals surface area contributed by atoms with Gasteiger partial charge in [-0.25, -0.2) is 0 Å². The Morgan fingerprint density at radius 1 is 1.30 bits per heavy atom. The fourth-order valence-electron chi connectivity index (χ4n) is 3.61. The maximum Gasteiger partial charge on any atom is 0.290 e. The van der Waals surface area contributed by atoms with Crippen LogP contribution in [0.25, 0.3) is 0 Å². The van der Waals surface area contributed by atoms with E-state index >= 15 is 0 Å². The van der Waals surface area contributed by atoms with Gasteiger partial charge in [-0.05, 0) is 37.0 Å². The zero-order valence-corrected chi connectivity index (χ0v) is 16.5. The van der Waals surface area contributed by atoms with E-state index in [-0.39, 0.29) is 28.8 Å². The van der Waals surface area contributed by atoms with Gasteiger partial charge in [0.1, 0.15) is 0 Å². The normalized spacial score (nSPS) is 18.1. The number of ether oxygens (including phenoxy) is 1. The van der Waals surface area contributed by atoms with E-state index in [1.807, 2.05) is 0 Å². The molecule has 1 aromatic carbocycles. The third kappa shape index (κ3) is 4.26. The predicted molar refractivity (Wildman–Crippen MR) is 103 cm³/mol. The van der Waals surface area contributed by atoms with E-state index in [0.29, 0.717) is 12.1 Å². The summed E-state index contributed by atoms with van der Waals surface area (Å²) < 4.78 is 5.17. The van der Waals surface area contributed by atoms with Crippen molar-refractivity contribution in [3.63, 3.8) is 0 Å². The molecule has 0 unspecified atom stereocenters. The Labute approximate surface area is 160 Å². The molecule has 6 heteroatoms. The third-order valence-corrected chi connectivity index (χ3v) is 5.20. The number of carbonyl (C=O) groups excluding carboxylic acids is 2. The van der Waals surface area contributed by atoms with Gasteiger partial charge in [0.05, 0.1) is 18.7 Å². The first-order chi connectivity index (χ1) is 12.8. The summed E-state index contributed by atoms with van der Waals surface area (Å²) in [7, 11) is 1.44. The van der Waals surface area contributed by atoms with Crippen molar-refractivity contribution >= 4 is 11.7 Å². The number of phenolic OH excluding ortho intramolecular Hbond substituents is 1. The molecule has 1 aliphatic heterocycles. The zero-order valence-electron chi connectivity index (χ0n) is 16.5. The molecule has 0 bridgehead atoms. The number of ketones is 1. The Kier molecular flexibility index (Phi) is 6.88. The highest BCUT2D eigenvalue weighted by atomic mass is 16.5. The summed E-state index contributed by atoms with van der Waals surface area (Å²) in [5.41, 5.74) is 0.718. The highest BCUT2D eigenvalue weighted by molar-refractivity contribution is 6.08. The SMILES string of the molecule is CCCC[C@H](CC)CN1C(=O)C(O)=C(C(C)=O)[C@H]1c1ccc(O)c(OC)c1. The van der Waals surface area contributed by atoms with Gasteiger partial charge in [-0.1, -0.05) is 39.2 Å². The van der Waals surface area contributed by atoms with Crippen LogP contribution in [-0.2, 0) is 9.59 Å². The predicted octanol–water partition coefficient (Wildman–Crippen LogP) is 3.90. The lowest BCUT2D eigenvalue weighted by Crippen LogP contribution is -2.35. The molecule has 0 saturated heterocycles. The highest BCUT2D eigenvalue weighted by Gasteiger charge is 2.43. The number of hydrogen-bond donors (Lipinski definition) is 2. The first-order valence-electron chi connectivity index (χ1n) is 9.47. The van der Waals surface area contributed by atoms with Crippen molar-refractivity contribution in [1.82, 2.24) is 4.90 Å². The van der Waals surface area contributed by atoms with Crippen LogP contribution in [0.5, 0.6) is 11.5 Å². The topological polar surface area (TPSA) is 87.1 Å². The lowest BCUT2D eigenvalue weighted by atomic mass is 9.94. The summed E-state index contributed by atoms with van der Waals surface area (Å²) in [6, 6.07) is 4.05. The second kappa shape index (κ2) is 8.93. The van der Waals surface area contributed by atoms with Crippen LogP contribution in [0.4, 0.5) is 0 Å². The third-order valence-electron chi connectivity index (χ3n) is 5.20. The molecule has 6 nitrogen and oxygen atoms in total. The van der Waals surface area contributed by atoms with Crippen molar-refractivity contribution < 1.29 is 24.5 Å². The number of Topliss-reactive ketones (excluding diaryl/α,β-unsaturated/α-hetero) is 1. The van der Waals surface area contributed by atoms with Crippen molar-refractivity contribution in [2.45, 2.75) is 52.5 Å². The molecule has 1 amide bonds. The first kappa shape index (κ1) is 20.8. The second-order valence-corrected chi connectivity index (χ2v) is 7.03. The van der Waals surface area contributed by atoms with Gasteiger partial charge in [0, 0.05) is 6.54 Å². The van der Waals surface area contributed by atoms with Crippen LogP contribution in [-0.4, -0.2) is 40.5 Å². The molecule has 2 atom stereocenters. The number of amides is 1. The molecule has 27 heavy (non-hydrogen) atoms. The number of unbranched alkanes of at least 4 members (excludes halogenated alkanes) is 1. The molecule has 0 spiro atoms. The number of benzene rings is 1. The molecule has 0 fully saturated rings.